The highest BCUT2D eigenvalue weighted by Crippen LogP contribution is 2.23. The van der Waals surface area contributed by atoms with Gasteiger partial charge in [-0.25, -0.2) is 0 Å². The maximum atomic E-state index is 10.3. The van der Waals surface area contributed by atoms with E-state index < -0.39 is 6.10 Å². The smallest absolute Gasteiger partial charge is 0.191 e. The second-order valence-corrected chi connectivity index (χ2v) is 7.63. The van der Waals surface area contributed by atoms with Gasteiger partial charge >= 0.3 is 0 Å². The maximum Gasteiger partial charge on any atom is 0.191 e. The van der Waals surface area contributed by atoms with E-state index >= 15 is 0 Å². The molecule has 1 aliphatic rings. The zero-order valence-electron chi connectivity index (χ0n) is 14.7. The summed E-state index contributed by atoms with van der Waals surface area (Å²) in [6.07, 6.45) is 4.05. The van der Waals surface area contributed by atoms with Gasteiger partial charge in [0, 0.05) is 18.7 Å². The molecule has 4 rings (SSSR count). The predicted molar refractivity (Wildman–Crippen MR) is 104 cm³/mol. The average Bonchev–Trinajstić information content (AvgIpc) is 2.90. The van der Waals surface area contributed by atoms with Crippen molar-refractivity contribution in [2.75, 3.05) is 12.4 Å². The molecule has 26 heavy (non-hydrogen) atoms. The summed E-state index contributed by atoms with van der Waals surface area (Å²) >= 11 is 1.56. The van der Waals surface area contributed by atoms with Gasteiger partial charge in [-0.15, -0.1) is 10.2 Å². The molecule has 0 saturated heterocycles. The molecule has 1 aromatic heterocycles. The van der Waals surface area contributed by atoms with Crippen LogP contribution >= 0.6 is 11.8 Å². The second-order valence-electron chi connectivity index (χ2n) is 6.65. The molecule has 1 N–H and O–H groups in total. The molecule has 6 heteroatoms. The minimum atomic E-state index is -0.551. The molecule has 0 bridgehead atoms. The summed E-state index contributed by atoms with van der Waals surface area (Å²) in [5.74, 6) is 2.40. The lowest BCUT2D eigenvalue weighted by molar-refractivity contribution is 0.126. The van der Waals surface area contributed by atoms with Crippen LogP contribution in [0.15, 0.2) is 47.6 Å². The van der Waals surface area contributed by atoms with Crippen LogP contribution in [0, 0.1) is 0 Å². The van der Waals surface area contributed by atoms with Crippen molar-refractivity contribution >= 4 is 22.5 Å². The van der Waals surface area contributed by atoms with Crippen molar-refractivity contribution in [3.63, 3.8) is 0 Å². The number of benzene rings is 2. The largest absolute Gasteiger partial charge is 0.491 e. The van der Waals surface area contributed by atoms with Crippen molar-refractivity contribution in [2.24, 2.45) is 0 Å². The molecule has 3 aromatic rings. The molecular weight excluding hydrogens is 346 g/mol. The summed E-state index contributed by atoms with van der Waals surface area (Å²) in [6.45, 7) is 1.25. The first-order chi connectivity index (χ1) is 12.8. The molecular formula is C20H23N3O2S. The van der Waals surface area contributed by atoms with Gasteiger partial charge in [-0.05, 0) is 35.7 Å². The number of aryl methyl sites for hydroxylation is 1. The Hall–Kier alpha value is -2.05. The lowest BCUT2D eigenvalue weighted by Crippen LogP contribution is -2.20. The normalized spacial score (nSPS) is 15.4. The summed E-state index contributed by atoms with van der Waals surface area (Å²) in [6, 6.07) is 14.2. The van der Waals surface area contributed by atoms with E-state index in [4.69, 9.17) is 4.74 Å². The van der Waals surface area contributed by atoms with Crippen LogP contribution in [0.2, 0.25) is 0 Å². The van der Waals surface area contributed by atoms with Crippen molar-refractivity contribution in [1.82, 2.24) is 14.8 Å². The number of hydrogen-bond acceptors (Lipinski definition) is 5. The summed E-state index contributed by atoms with van der Waals surface area (Å²) < 4.78 is 7.98. The Bertz CT molecular complexity index is 880. The van der Waals surface area contributed by atoms with Crippen molar-refractivity contribution in [3.05, 3.63) is 48.3 Å². The van der Waals surface area contributed by atoms with E-state index in [9.17, 15) is 5.11 Å². The lowest BCUT2D eigenvalue weighted by atomic mass is 10.1. The number of hydrogen-bond donors (Lipinski definition) is 1. The third kappa shape index (κ3) is 4.02. The van der Waals surface area contributed by atoms with Crippen molar-refractivity contribution in [3.8, 4) is 5.75 Å². The van der Waals surface area contributed by atoms with Crippen LogP contribution in [-0.2, 0) is 13.0 Å². The Morgan fingerprint density at radius 3 is 2.88 bits per heavy atom. The Labute approximate surface area is 157 Å². The Morgan fingerprint density at radius 1 is 1.08 bits per heavy atom. The minimum absolute atomic E-state index is 0.270. The fraction of sp³-hybridized carbons (Fsp3) is 0.400. The molecule has 0 radical (unpaired) electrons. The Balaban J connectivity index is 1.31. The van der Waals surface area contributed by atoms with Gasteiger partial charge in [-0.1, -0.05) is 48.5 Å². The molecule has 0 aliphatic carbocycles. The number of thioether (sulfide) groups is 1. The van der Waals surface area contributed by atoms with Crippen LogP contribution in [0.5, 0.6) is 5.75 Å². The number of rotatable bonds is 6. The molecule has 0 unspecified atom stereocenters. The third-order valence-corrected chi connectivity index (χ3v) is 5.76. The highest BCUT2D eigenvalue weighted by Gasteiger charge is 2.16. The van der Waals surface area contributed by atoms with Gasteiger partial charge in [0.2, 0.25) is 0 Å². The topological polar surface area (TPSA) is 60.2 Å². The van der Waals surface area contributed by atoms with Crippen LogP contribution in [0.3, 0.4) is 0 Å². The van der Waals surface area contributed by atoms with E-state index in [0.717, 1.165) is 35.1 Å². The summed E-state index contributed by atoms with van der Waals surface area (Å²) in [5, 5.41) is 22.1. The van der Waals surface area contributed by atoms with E-state index in [1.165, 1.54) is 24.6 Å². The molecule has 0 saturated carbocycles. The molecule has 2 aromatic carbocycles. The molecule has 2 heterocycles. The quantitative estimate of drug-likeness (QED) is 0.672. The zero-order chi connectivity index (χ0) is 17.8. The fourth-order valence-electron chi connectivity index (χ4n) is 3.23. The number of aromatic nitrogens is 3. The zero-order valence-corrected chi connectivity index (χ0v) is 15.5. The van der Waals surface area contributed by atoms with E-state index in [1.54, 1.807) is 11.8 Å². The SMILES string of the molecule is O[C@H](COc1ccc2ccccc2c1)CSc1nnc2n1CCCCC2. The van der Waals surface area contributed by atoms with Crippen LogP contribution in [-0.4, -0.2) is 38.3 Å². The number of fused-ring (bicyclic) bond motifs is 2. The maximum absolute atomic E-state index is 10.3. The fourth-order valence-corrected chi connectivity index (χ4v) is 4.12. The first-order valence-corrected chi connectivity index (χ1v) is 10.1. The van der Waals surface area contributed by atoms with Gasteiger partial charge in [0.1, 0.15) is 18.2 Å². The highest BCUT2D eigenvalue weighted by atomic mass is 32.2. The number of ether oxygens (including phenoxy) is 1. The molecule has 5 nitrogen and oxygen atoms in total. The van der Waals surface area contributed by atoms with E-state index in [2.05, 4.69) is 26.9 Å². The molecule has 136 valence electrons. The van der Waals surface area contributed by atoms with E-state index in [-0.39, 0.29) is 6.61 Å². The second kappa shape index (κ2) is 8.10. The summed E-state index contributed by atoms with van der Waals surface area (Å²) in [5.41, 5.74) is 0. The van der Waals surface area contributed by atoms with Crippen LogP contribution in [0.25, 0.3) is 10.8 Å². The third-order valence-electron chi connectivity index (χ3n) is 4.64. The van der Waals surface area contributed by atoms with Crippen molar-refractivity contribution < 1.29 is 9.84 Å². The summed E-state index contributed by atoms with van der Waals surface area (Å²) in [4.78, 5) is 0. The number of aliphatic hydroxyl groups is 1. The standard InChI is InChI=1S/C20H23N3O2S/c24-17(13-25-18-10-9-15-6-3-4-7-16(15)12-18)14-26-20-22-21-19-8-2-1-5-11-23(19)20/h3-4,6-7,9-10,12,17,24H,1-2,5,8,11,13-14H2/t17-/m1/s1. The monoisotopic (exact) mass is 369 g/mol. The van der Waals surface area contributed by atoms with Gasteiger partial charge in [-0.2, -0.15) is 0 Å². The molecule has 0 spiro atoms. The number of aliphatic hydroxyl groups excluding tert-OH is 1. The van der Waals surface area contributed by atoms with Crippen LogP contribution in [0.4, 0.5) is 0 Å². The minimum Gasteiger partial charge on any atom is -0.491 e. The van der Waals surface area contributed by atoms with Crippen LogP contribution in [0.1, 0.15) is 25.1 Å². The molecule has 0 amide bonds. The summed E-state index contributed by atoms with van der Waals surface area (Å²) in [7, 11) is 0. The molecule has 1 aliphatic heterocycles. The lowest BCUT2D eigenvalue weighted by Gasteiger charge is -2.13. The molecule has 0 fully saturated rings. The van der Waals surface area contributed by atoms with E-state index in [0.29, 0.717) is 5.75 Å². The highest BCUT2D eigenvalue weighted by molar-refractivity contribution is 7.99. The van der Waals surface area contributed by atoms with Crippen molar-refractivity contribution in [2.45, 2.75) is 43.5 Å². The molecule has 1 atom stereocenters. The first-order valence-electron chi connectivity index (χ1n) is 9.14. The van der Waals surface area contributed by atoms with E-state index in [1.807, 2.05) is 30.3 Å². The predicted octanol–water partition coefficient (Wildman–Crippen LogP) is 3.69. The van der Waals surface area contributed by atoms with Crippen molar-refractivity contribution in [1.29, 1.82) is 0 Å². The van der Waals surface area contributed by atoms with Gasteiger partial charge in [0.25, 0.3) is 0 Å². The Kier molecular flexibility index (Phi) is 5.41. The first kappa shape index (κ1) is 17.4. The van der Waals surface area contributed by atoms with Gasteiger partial charge in [-0.3, -0.25) is 0 Å². The average molecular weight is 369 g/mol. The van der Waals surface area contributed by atoms with Gasteiger partial charge < -0.3 is 14.4 Å². The van der Waals surface area contributed by atoms with Gasteiger partial charge in [0.15, 0.2) is 5.16 Å². The van der Waals surface area contributed by atoms with Crippen LogP contribution < -0.4 is 4.74 Å². The number of nitrogens with zero attached hydrogens (tertiary/aromatic N) is 3. The Morgan fingerprint density at radius 2 is 1.96 bits per heavy atom. The van der Waals surface area contributed by atoms with Gasteiger partial charge in [0.05, 0.1) is 6.10 Å².